The topological polar surface area (TPSA) is 29.5 Å². The fraction of sp³-hybridized carbons (Fsp3) is 1.00. The van der Waals surface area contributed by atoms with Crippen LogP contribution in [-0.2, 0) is 4.74 Å². The molecule has 0 aromatic heterocycles. The van der Waals surface area contributed by atoms with Crippen LogP contribution in [0.1, 0.15) is 58.3 Å². The summed E-state index contributed by atoms with van der Waals surface area (Å²) >= 11 is 2.06. The highest BCUT2D eigenvalue weighted by atomic mass is 32.2. The fourth-order valence-corrected chi connectivity index (χ4v) is 5.86. The summed E-state index contributed by atoms with van der Waals surface area (Å²) in [4.78, 5) is 0. The van der Waals surface area contributed by atoms with Crippen LogP contribution in [0.2, 0.25) is 0 Å². The molecule has 2 saturated heterocycles. The highest BCUT2D eigenvalue weighted by molar-refractivity contribution is 7.99. The Kier molecular flexibility index (Phi) is 4.99. The van der Waals surface area contributed by atoms with E-state index in [-0.39, 0.29) is 11.7 Å². The average Bonchev–Trinajstić information content (AvgIpc) is 2.47. The summed E-state index contributed by atoms with van der Waals surface area (Å²) in [6, 6.07) is 0. The van der Waals surface area contributed by atoms with Crippen molar-refractivity contribution in [2.75, 3.05) is 18.1 Å². The van der Waals surface area contributed by atoms with Gasteiger partial charge in [0.05, 0.1) is 11.7 Å². The molecule has 0 amide bonds. The number of hydrogen-bond donors (Lipinski definition) is 1. The third-order valence-electron chi connectivity index (χ3n) is 5.88. The van der Waals surface area contributed by atoms with Crippen molar-refractivity contribution in [2.45, 2.75) is 70.0 Å². The normalized spacial score (nSPS) is 39.6. The summed E-state index contributed by atoms with van der Waals surface area (Å²) < 4.78 is 6.17. The molecular weight excluding hydrogens is 268 g/mol. The molecular formula is C17H30O2S. The van der Waals surface area contributed by atoms with Crippen molar-refractivity contribution in [1.29, 1.82) is 0 Å². The summed E-state index contributed by atoms with van der Waals surface area (Å²) in [5.74, 6) is 4.33. The molecule has 1 spiro atoms. The van der Waals surface area contributed by atoms with Gasteiger partial charge < -0.3 is 9.84 Å². The molecule has 2 nitrogen and oxygen atoms in total. The van der Waals surface area contributed by atoms with E-state index in [9.17, 15) is 5.11 Å². The zero-order valence-corrected chi connectivity index (χ0v) is 13.7. The number of ether oxygens (including phenoxy) is 1. The van der Waals surface area contributed by atoms with Crippen molar-refractivity contribution in [1.82, 2.24) is 0 Å². The molecule has 3 heteroatoms. The fourth-order valence-electron chi connectivity index (χ4n) is 4.63. The van der Waals surface area contributed by atoms with Crippen LogP contribution in [-0.4, -0.2) is 34.9 Å². The summed E-state index contributed by atoms with van der Waals surface area (Å²) in [5.41, 5.74) is 0.120. The van der Waals surface area contributed by atoms with Gasteiger partial charge in [-0.2, -0.15) is 11.8 Å². The van der Waals surface area contributed by atoms with Crippen LogP contribution in [0.25, 0.3) is 0 Å². The van der Waals surface area contributed by atoms with E-state index in [1.807, 2.05) is 0 Å². The third-order valence-corrected chi connectivity index (χ3v) is 6.86. The SMILES string of the molecule is CC1CCCC(C(O)C2CCOC3(CCSCC3)C2)C1. The van der Waals surface area contributed by atoms with E-state index in [1.54, 1.807) is 0 Å². The van der Waals surface area contributed by atoms with Gasteiger partial charge in [0.2, 0.25) is 0 Å². The van der Waals surface area contributed by atoms with Gasteiger partial charge in [-0.25, -0.2) is 0 Å². The molecule has 4 atom stereocenters. The van der Waals surface area contributed by atoms with Gasteiger partial charge in [-0.05, 0) is 67.8 Å². The van der Waals surface area contributed by atoms with Gasteiger partial charge in [-0.1, -0.05) is 19.8 Å². The molecule has 0 bridgehead atoms. The maximum absolute atomic E-state index is 10.9. The number of aliphatic hydroxyl groups excluding tert-OH is 1. The summed E-state index contributed by atoms with van der Waals surface area (Å²) in [5, 5.41) is 10.9. The highest BCUT2D eigenvalue weighted by Crippen LogP contribution is 2.43. The van der Waals surface area contributed by atoms with Crippen LogP contribution in [0.3, 0.4) is 0 Å². The van der Waals surface area contributed by atoms with E-state index < -0.39 is 0 Å². The van der Waals surface area contributed by atoms with Gasteiger partial charge in [0, 0.05) is 6.61 Å². The second kappa shape index (κ2) is 6.58. The first-order valence-corrected chi connectivity index (χ1v) is 9.74. The monoisotopic (exact) mass is 298 g/mol. The van der Waals surface area contributed by atoms with Crippen LogP contribution < -0.4 is 0 Å². The highest BCUT2D eigenvalue weighted by Gasteiger charge is 2.42. The summed E-state index contributed by atoms with van der Waals surface area (Å²) in [6.45, 7) is 3.22. The second-order valence-electron chi connectivity index (χ2n) is 7.42. The molecule has 116 valence electrons. The predicted molar refractivity (Wildman–Crippen MR) is 85.1 cm³/mol. The second-order valence-corrected chi connectivity index (χ2v) is 8.64. The molecule has 0 aromatic rings. The molecule has 2 aliphatic heterocycles. The van der Waals surface area contributed by atoms with Gasteiger partial charge in [-0.3, -0.25) is 0 Å². The van der Waals surface area contributed by atoms with Crippen LogP contribution in [0.15, 0.2) is 0 Å². The van der Waals surface area contributed by atoms with Crippen LogP contribution >= 0.6 is 11.8 Å². The molecule has 1 N–H and O–H groups in total. The van der Waals surface area contributed by atoms with E-state index in [4.69, 9.17) is 4.74 Å². The lowest BCUT2D eigenvalue weighted by Gasteiger charge is -2.46. The lowest BCUT2D eigenvalue weighted by molar-refractivity contribution is -0.129. The molecule has 3 fully saturated rings. The molecule has 3 aliphatic rings. The molecule has 20 heavy (non-hydrogen) atoms. The molecule has 4 unspecified atom stereocenters. The predicted octanol–water partition coefficient (Wildman–Crippen LogP) is 3.87. The standard InChI is InChI=1S/C17H30O2S/c1-13-3-2-4-14(11-13)16(18)15-5-8-19-17(12-15)6-9-20-10-7-17/h13-16,18H,2-12H2,1H3. The maximum atomic E-state index is 10.9. The Morgan fingerprint density at radius 3 is 2.70 bits per heavy atom. The number of hydrogen-bond acceptors (Lipinski definition) is 3. The van der Waals surface area contributed by atoms with E-state index in [0.29, 0.717) is 11.8 Å². The smallest absolute Gasteiger partial charge is 0.0701 e. The molecule has 0 aromatic carbocycles. The van der Waals surface area contributed by atoms with Crippen molar-refractivity contribution >= 4 is 11.8 Å². The Balaban J connectivity index is 1.60. The van der Waals surface area contributed by atoms with Crippen molar-refractivity contribution < 1.29 is 9.84 Å². The van der Waals surface area contributed by atoms with E-state index in [2.05, 4.69) is 18.7 Å². The van der Waals surface area contributed by atoms with Crippen molar-refractivity contribution in [3.05, 3.63) is 0 Å². The van der Waals surface area contributed by atoms with E-state index in [0.717, 1.165) is 25.4 Å². The number of thioether (sulfide) groups is 1. The van der Waals surface area contributed by atoms with E-state index in [1.165, 1.54) is 50.0 Å². The van der Waals surface area contributed by atoms with Crippen LogP contribution in [0, 0.1) is 17.8 Å². The Bertz CT molecular complexity index is 309. The summed E-state index contributed by atoms with van der Waals surface area (Å²) in [7, 11) is 0. The van der Waals surface area contributed by atoms with Crippen molar-refractivity contribution in [3.63, 3.8) is 0 Å². The lowest BCUT2D eigenvalue weighted by atomic mass is 9.71. The largest absolute Gasteiger partial charge is 0.393 e. The van der Waals surface area contributed by atoms with Crippen molar-refractivity contribution in [2.24, 2.45) is 17.8 Å². The Morgan fingerprint density at radius 2 is 1.95 bits per heavy atom. The maximum Gasteiger partial charge on any atom is 0.0701 e. The first kappa shape index (κ1) is 15.2. The number of aliphatic hydroxyl groups is 1. The minimum absolute atomic E-state index is 0.0758. The molecule has 1 aliphatic carbocycles. The Morgan fingerprint density at radius 1 is 1.15 bits per heavy atom. The van der Waals surface area contributed by atoms with Gasteiger partial charge in [0.25, 0.3) is 0 Å². The quantitative estimate of drug-likeness (QED) is 0.839. The Labute approximate surface area is 128 Å². The average molecular weight is 298 g/mol. The first-order chi connectivity index (χ1) is 9.69. The van der Waals surface area contributed by atoms with Crippen molar-refractivity contribution in [3.8, 4) is 0 Å². The minimum Gasteiger partial charge on any atom is -0.393 e. The number of rotatable bonds is 2. The van der Waals surface area contributed by atoms with E-state index >= 15 is 0 Å². The Hall–Kier alpha value is 0.270. The molecule has 2 heterocycles. The lowest BCUT2D eigenvalue weighted by Crippen LogP contribution is -2.47. The van der Waals surface area contributed by atoms with Gasteiger partial charge in [-0.15, -0.1) is 0 Å². The summed E-state index contributed by atoms with van der Waals surface area (Å²) in [6.07, 6.45) is 9.65. The first-order valence-electron chi connectivity index (χ1n) is 8.58. The van der Waals surface area contributed by atoms with Gasteiger partial charge in [0.15, 0.2) is 0 Å². The molecule has 3 rings (SSSR count). The van der Waals surface area contributed by atoms with Crippen LogP contribution in [0.5, 0.6) is 0 Å². The zero-order chi connectivity index (χ0) is 14.0. The van der Waals surface area contributed by atoms with Crippen LogP contribution in [0.4, 0.5) is 0 Å². The van der Waals surface area contributed by atoms with Gasteiger partial charge in [0.1, 0.15) is 0 Å². The minimum atomic E-state index is -0.0758. The zero-order valence-electron chi connectivity index (χ0n) is 12.9. The van der Waals surface area contributed by atoms with Gasteiger partial charge >= 0.3 is 0 Å². The molecule has 0 radical (unpaired) electrons. The third kappa shape index (κ3) is 3.36. The molecule has 1 saturated carbocycles.